The number of aliphatic hydroxyl groups excluding tert-OH is 1. The lowest BCUT2D eigenvalue weighted by molar-refractivity contribution is 0.104. The maximum atomic E-state index is 13.4. The fourth-order valence-corrected chi connectivity index (χ4v) is 1.76. The van der Waals surface area contributed by atoms with Gasteiger partial charge in [-0.2, -0.15) is 0 Å². The molecule has 0 spiro atoms. The molecule has 0 aliphatic rings. The number of methoxy groups -OCH3 is 1. The first-order valence-corrected chi connectivity index (χ1v) is 6.05. The smallest absolute Gasteiger partial charge is 0.319 e. The minimum atomic E-state index is -1.13. The molecule has 0 fully saturated rings. The van der Waals surface area contributed by atoms with Crippen LogP contribution in [0, 0.1) is 11.6 Å². The Morgan fingerprint density at radius 3 is 2.75 bits per heavy atom. The first-order chi connectivity index (χ1) is 9.41. The SMILES string of the molecule is COCC(C)(CCO)NC(=O)Nc1cccc(F)c1F. The quantitative estimate of drug-likeness (QED) is 0.748. The van der Waals surface area contributed by atoms with Crippen molar-refractivity contribution in [3.8, 4) is 0 Å². The van der Waals surface area contributed by atoms with Gasteiger partial charge in [0.25, 0.3) is 0 Å². The molecule has 0 aliphatic carbocycles. The lowest BCUT2D eigenvalue weighted by Crippen LogP contribution is -2.51. The molecule has 0 bridgehead atoms. The monoisotopic (exact) mass is 288 g/mol. The molecular formula is C13H18F2N2O3. The zero-order valence-corrected chi connectivity index (χ0v) is 11.4. The highest BCUT2D eigenvalue weighted by atomic mass is 19.2. The Morgan fingerprint density at radius 1 is 1.45 bits per heavy atom. The highest BCUT2D eigenvalue weighted by Gasteiger charge is 2.26. The molecule has 1 rings (SSSR count). The van der Waals surface area contributed by atoms with E-state index in [0.717, 1.165) is 6.07 Å². The van der Waals surface area contributed by atoms with Crippen LogP contribution in [0.2, 0.25) is 0 Å². The standard InChI is InChI=1S/C13H18F2N2O3/c1-13(6-7-18,8-20-2)17-12(19)16-10-5-3-4-9(14)11(10)15/h3-5,18H,6-8H2,1-2H3,(H2,16,17,19). The Balaban J connectivity index is 2.73. The average molecular weight is 288 g/mol. The van der Waals surface area contributed by atoms with Crippen molar-refractivity contribution < 1.29 is 23.4 Å². The summed E-state index contributed by atoms with van der Waals surface area (Å²) >= 11 is 0. The third kappa shape index (κ3) is 4.43. The zero-order chi connectivity index (χ0) is 15.2. The van der Waals surface area contributed by atoms with Gasteiger partial charge in [-0.25, -0.2) is 13.6 Å². The molecule has 3 N–H and O–H groups in total. The van der Waals surface area contributed by atoms with Crippen LogP contribution in [0.4, 0.5) is 19.3 Å². The Labute approximate surface area is 115 Å². The van der Waals surface area contributed by atoms with E-state index in [9.17, 15) is 13.6 Å². The van der Waals surface area contributed by atoms with Gasteiger partial charge in [0.05, 0.1) is 17.8 Å². The summed E-state index contributed by atoms with van der Waals surface area (Å²) in [4.78, 5) is 11.8. The van der Waals surface area contributed by atoms with Crippen molar-refractivity contribution in [2.24, 2.45) is 0 Å². The number of benzene rings is 1. The van der Waals surface area contributed by atoms with E-state index in [0.29, 0.717) is 0 Å². The molecule has 0 saturated heterocycles. The van der Waals surface area contributed by atoms with E-state index in [1.807, 2.05) is 0 Å². The number of halogens is 2. The number of rotatable bonds is 6. The summed E-state index contributed by atoms with van der Waals surface area (Å²) in [6, 6.07) is 2.79. The number of aliphatic hydroxyl groups is 1. The second-order valence-corrected chi connectivity index (χ2v) is 4.65. The fourth-order valence-electron chi connectivity index (χ4n) is 1.76. The van der Waals surface area contributed by atoms with Crippen molar-refractivity contribution >= 4 is 11.7 Å². The second kappa shape index (κ2) is 7.16. The van der Waals surface area contributed by atoms with Crippen LogP contribution < -0.4 is 10.6 Å². The molecule has 1 aromatic rings. The molecule has 0 aliphatic heterocycles. The Morgan fingerprint density at radius 2 is 2.15 bits per heavy atom. The number of urea groups is 1. The largest absolute Gasteiger partial charge is 0.396 e. The topological polar surface area (TPSA) is 70.6 Å². The van der Waals surface area contributed by atoms with Crippen molar-refractivity contribution in [1.29, 1.82) is 0 Å². The molecule has 0 aromatic heterocycles. The number of hydrogen-bond acceptors (Lipinski definition) is 3. The van der Waals surface area contributed by atoms with Crippen molar-refractivity contribution in [2.45, 2.75) is 18.9 Å². The summed E-state index contributed by atoms with van der Waals surface area (Å²) in [5, 5.41) is 13.8. The minimum absolute atomic E-state index is 0.144. The normalized spacial score (nSPS) is 13.7. The Hall–Kier alpha value is -1.73. The number of hydrogen-bond donors (Lipinski definition) is 3. The predicted octanol–water partition coefficient (Wildman–Crippen LogP) is 1.87. The number of carbonyl (C=O) groups is 1. The zero-order valence-electron chi connectivity index (χ0n) is 11.4. The van der Waals surface area contributed by atoms with Crippen LogP contribution in [-0.4, -0.2) is 37.0 Å². The van der Waals surface area contributed by atoms with E-state index in [1.54, 1.807) is 6.92 Å². The van der Waals surface area contributed by atoms with E-state index in [1.165, 1.54) is 19.2 Å². The van der Waals surface area contributed by atoms with Gasteiger partial charge in [-0.1, -0.05) is 6.07 Å². The summed E-state index contributed by atoms with van der Waals surface area (Å²) in [5.74, 6) is -2.17. The van der Waals surface area contributed by atoms with Gasteiger partial charge in [-0.05, 0) is 25.5 Å². The first-order valence-electron chi connectivity index (χ1n) is 6.05. The third-order valence-corrected chi connectivity index (χ3v) is 2.74. The summed E-state index contributed by atoms with van der Waals surface area (Å²) in [6.07, 6.45) is 0.264. The molecule has 7 heteroatoms. The Kier molecular flexibility index (Phi) is 5.84. The van der Waals surface area contributed by atoms with Crippen molar-refractivity contribution in [2.75, 3.05) is 25.6 Å². The maximum absolute atomic E-state index is 13.4. The van der Waals surface area contributed by atoms with Gasteiger partial charge < -0.3 is 20.5 Å². The maximum Gasteiger partial charge on any atom is 0.319 e. The number of anilines is 1. The molecule has 0 saturated carbocycles. The third-order valence-electron chi connectivity index (χ3n) is 2.74. The van der Waals surface area contributed by atoms with Crippen LogP contribution in [-0.2, 0) is 4.74 Å². The molecule has 1 unspecified atom stereocenters. The molecule has 1 aromatic carbocycles. The molecule has 5 nitrogen and oxygen atoms in total. The summed E-state index contributed by atoms with van der Waals surface area (Å²) < 4.78 is 31.4. The van der Waals surface area contributed by atoms with E-state index in [2.05, 4.69) is 10.6 Å². The molecule has 0 heterocycles. The number of ether oxygens (including phenoxy) is 1. The second-order valence-electron chi connectivity index (χ2n) is 4.65. The number of amides is 2. The van der Waals surface area contributed by atoms with Gasteiger partial charge >= 0.3 is 6.03 Å². The fraction of sp³-hybridized carbons (Fsp3) is 0.462. The van der Waals surface area contributed by atoms with Gasteiger partial charge in [0.2, 0.25) is 0 Å². The van der Waals surface area contributed by atoms with E-state index >= 15 is 0 Å². The van der Waals surface area contributed by atoms with Crippen LogP contribution in [0.5, 0.6) is 0 Å². The van der Waals surface area contributed by atoms with Crippen LogP contribution >= 0.6 is 0 Å². The van der Waals surface area contributed by atoms with Gasteiger partial charge in [-0.3, -0.25) is 0 Å². The number of nitrogens with one attached hydrogen (secondary N) is 2. The Bertz CT molecular complexity index is 463. The highest BCUT2D eigenvalue weighted by molar-refractivity contribution is 5.89. The van der Waals surface area contributed by atoms with Crippen LogP contribution in [0.25, 0.3) is 0 Å². The van der Waals surface area contributed by atoms with Gasteiger partial charge in [-0.15, -0.1) is 0 Å². The number of carbonyl (C=O) groups excluding carboxylic acids is 1. The first kappa shape index (κ1) is 16.3. The van der Waals surface area contributed by atoms with Gasteiger partial charge in [0.15, 0.2) is 11.6 Å². The molecule has 2 amide bonds. The predicted molar refractivity (Wildman–Crippen MR) is 70.5 cm³/mol. The van der Waals surface area contributed by atoms with E-state index < -0.39 is 23.2 Å². The summed E-state index contributed by atoms with van der Waals surface area (Å²) in [6.45, 7) is 1.70. The van der Waals surface area contributed by atoms with Crippen molar-refractivity contribution in [1.82, 2.24) is 5.32 Å². The van der Waals surface area contributed by atoms with Gasteiger partial charge in [0, 0.05) is 13.7 Å². The molecule has 0 radical (unpaired) electrons. The van der Waals surface area contributed by atoms with Crippen molar-refractivity contribution in [3.05, 3.63) is 29.8 Å². The molecule has 112 valence electrons. The molecule has 20 heavy (non-hydrogen) atoms. The van der Waals surface area contributed by atoms with E-state index in [4.69, 9.17) is 9.84 Å². The summed E-state index contributed by atoms with van der Waals surface area (Å²) in [7, 11) is 1.46. The van der Waals surface area contributed by atoms with Crippen LogP contribution in [0.15, 0.2) is 18.2 Å². The minimum Gasteiger partial charge on any atom is -0.396 e. The highest BCUT2D eigenvalue weighted by Crippen LogP contribution is 2.17. The summed E-state index contributed by atoms with van der Waals surface area (Å²) in [5.41, 5.74) is -1.07. The van der Waals surface area contributed by atoms with Crippen molar-refractivity contribution in [3.63, 3.8) is 0 Å². The lowest BCUT2D eigenvalue weighted by Gasteiger charge is -2.29. The lowest BCUT2D eigenvalue weighted by atomic mass is 10.00. The van der Waals surface area contributed by atoms with E-state index in [-0.39, 0.29) is 25.3 Å². The van der Waals surface area contributed by atoms with Gasteiger partial charge in [0.1, 0.15) is 0 Å². The molecular weight excluding hydrogens is 270 g/mol. The van der Waals surface area contributed by atoms with Crippen LogP contribution in [0.3, 0.4) is 0 Å². The van der Waals surface area contributed by atoms with Crippen LogP contribution in [0.1, 0.15) is 13.3 Å². The average Bonchev–Trinajstić information content (AvgIpc) is 2.35. The molecule has 1 atom stereocenters.